The molecule has 0 saturated carbocycles. The SMILES string of the molecule is CCCOc1cccc(C2NN=C3CCN(C)CC32)c1. The Morgan fingerprint density at radius 2 is 2.35 bits per heavy atom. The van der Waals surface area contributed by atoms with Crippen LogP contribution in [0, 0.1) is 5.92 Å². The maximum absolute atomic E-state index is 5.74. The van der Waals surface area contributed by atoms with Crippen molar-refractivity contribution in [1.82, 2.24) is 10.3 Å². The maximum atomic E-state index is 5.74. The smallest absolute Gasteiger partial charge is 0.119 e. The first-order valence-electron chi connectivity index (χ1n) is 7.51. The van der Waals surface area contributed by atoms with Gasteiger partial charge < -0.3 is 15.1 Å². The summed E-state index contributed by atoms with van der Waals surface area (Å²) in [5, 5.41) is 4.54. The molecule has 2 heterocycles. The summed E-state index contributed by atoms with van der Waals surface area (Å²) in [4.78, 5) is 2.39. The largest absolute Gasteiger partial charge is 0.494 e. The van der Waals surface area contributed by atoms with Crippen LogP contribution in [0.5, 0.6) is 5.75 Å². The molecule has 108 valence electrons. The van der Waals surface area contributed by atoms with Gasteiger partial charge in [-0.15, -0.1) is 0 Å². The summed E-state index contributed by atoms with van der Waals surface area (Å²) < 4.78 is 5.74. The topological polar surface area (TPSA) is 36.9 Å². The van der Waals surface area contributed by atoms with Crippen LogP contribution in [-0.2, 0) is 0 Å². The number of nitrogens with zero attached hydrogens (tertiary/aromatic N) is 2. The van der Waals surface area contributed by atoms with Gasteiger partial charge in [-0.05, 0) is 31.2 Å². The highest BCUT2D eigenvalue weighted by Gasteiger charge is 2.36. The van der Waals surface area contributed by atoms with E-state index in [1.54, 1.807) is 0 Å². The van der Waals surface area contributed by atoms with Crippen LogP contribution in [0.3, 0.4) is 0 Å². The number of likely N-dealkylation sites (tertiary alicyclic amines) is 1. The number of hydrogen-bond donors (Lipinski definition) is 1. The van der Waals surface area contributed by atoms with Gasteiger partial charge in [0.1, 0.15) is 5.75 Å². The molecule has 0 radical (unpaired) electrons. The third kappa shape index (κ3) is 2.66. The number of rotatable bonds is 4. The van der Waals surface area contributed by atoms with Crippen molar-refractivity contribution in [2.24, 2.45) is 11.0 Å². The van der Waals surface area contributed by atoms with Crippen LogP contribution in [0.4, 0.5) is 0 Å². The summed E-state index contributed by atoms with van der Waals surface area (Å²) >= 11 is 0. The van der Waals surface area contributed by atoms with Crippen molar-refractivity contribution in [1.29, 1.82) is 0 Å². The van der Waals surface area contributed by atoms with Gasteiger partial charge in [0, 0.05) is 31.1 Å². The Balaban J connectivity index is 1.76. The quantitative estimate of drug-likeness (QED) is 0.915. The van der Waals surface area contributed by atoms with E-state index in [1.165, 1.54) is 11.3 Å². The first-order valence-corrected chi connectivity index (χ1v) is 7.51. The van der Waals surface area contributed by atoms with E-state index in [4.69, 9.17) is 4.74 Å². The van der Waals surface area contributed by atoms with Crippen molar-refractivity contribution in [2.45, 2.75) is 25.8 Å². The summed E-state index contributed by atoms with van der Waals surface area (Å²) in [6.45, 7) is 5.09. The molecule has 0 aliphatic carbocycles. The number of piperidine rings is 1. The molecule has 1 N–H and O–H groups in total. The molecule has 2 aliphatic rings. The molecule has 1 aromatic carbocycles. The van der Waals surface area contributed by atoms with Crippen LogP contribution >= 0.6 is 0 Å². The zero-order valence-electron chi connectivity index (χ0n) is 12.3. The van der Waals surface area contributed by atoms with Gasteiger partial charge in [0.05, 0.1) is 12.6 Å². The molecular weight excluding hydrogens is 250 g/mol. The third-order valence-electron chi connectivity index (χ3n) is 4.13. The predicted molar refractivity (Wildman–Crippen MR) is 81.1 cm³/mol. The minimum atomic E-state index is 0.290. The lowest BCUT2D eigenvalue weighted by Gasteiger charge is -2.31. The second kappa shape index (κ2) is 5.83. The van der Waals surface area contributed by atoms with Crippen molar-refractivity contribution >= 4 is 5.71 Å². The third-order valence-corrected chi connectivity index (χ3v) is 4.13. The van der Waals surface area contributed by atoms with E-state index in [0.717, 1.165) is 38.3 Å². The highest BCUT2D eigenvalue weighted by Crippen LogP contribution is 2.33. The molecule has 0 spiro atoms. The van der Waals surface area contributed by atoms with Gasteiger partial charge in [-0.3, -0.25) is 0 Å². The summed E-state index contributed by atoms with van der Waals surface area (Å²) in [6.07, 6.45) is 2.11. The molecule has 20 heavy (non-hydrogen) atoms. The van der Waals surface area contributed by atoms with Crippen molar-refractivity contribution in [3.63, 3.8) is 0 Å². The van der Waals surface area contributed by atoms with E-state index in [1.807, 2.05) is 6.07 Å². The number of hydrazone groups is 1. The van der Waals surface area contributed by atoms with Gasteiger partial charge >= 0.3 is 0 Å². The second-order valence-corrected chi connectivity index (χ2v) is 5.75. The predicted octanol–water partition coefficient (Wildman–Crippen LogP) is 2.43. The lowest BCUT2D eigenvalue weighted by atomic mass is 9.86. The van der Waals surface area contributed by atoms with Gasteiger partial charge in [0.25, 0.3) is 0 Å². The summed E-state index contributed by atoms with van der Waals surface area (Å²) in [5.74, 6) is 1.46. The van der Waals surface area contributed by atoms with Crippen molar-refractivity contribution in [3.05, 3.63) is 29.8 Å². The first-order chi connectivity index (χ1) is 9.78. The molecule has 0 bridgehead atoms. The molecule has 2 aliphatic heterocycles. The van der Waals surface area contributed by atoms with E-state index < -0.39 is 0 Å². The minimum absolute atomic E-state index is 0.290. The molecular formula is C16H23N3O. The van der Waals surface area contributed by atoms with E-state index in [2.05, 4.69) is 47.6 Å². The molecule has 1 aromatic rings. The van der Waals surface area contributed by atoms with Gasteiger partial charge in [0.15, 0.2) is 0 Å². The number of ether oxygens (including phenoxy) is 1. The number of fused-ring (bicyclic) bond motifs is 1. The molecule has 3 rings (SSSR count). The Kier molecular flexibility index (Phi) is 3.92. The van der Waals surface area contributed by atoms with E-state index >= 15 is 0 Å². The van der Waals surface area contributed by atoms with Crippen LogP contribution in [0.2, 0.25) is 0 Å². The first kappa shape index (κ1) is 13.4. The Hall–Kier alpha value is -1.55. The summed E-state index contributed by atoms with van der Waals surface area (Å²) in [7, 11) is 2.19. The second-order valence-electron chi connectivity index (χ2n) is 5.75. The van der Waals surface area contributed by atoms with Crippen LogP contribution in [-0.4, -0.2) is 37.4 Å². The van der Waals surface area contributed by atoms with Crippen LogP contribution < -0.4 is 10.2 Å². The standard InChI is InChI=1S/C16H23N3O/c1-3-9-20-13-6-4-5-12(10-13)16-14-11-19(2)8-7-15(14)17-18-16/h4-6,10,14,16,18H,3,7-9,11H2,1-2H3. The van der Waals surface area contributed by atoms with E-state index in [0.29, 0.717) is 5.92 Å². The van der Waals surface area contributed by atoms with Gasteiger partial charge in [-0.1, -0.05) is 19.1 Å². The van der Waals surface area contributed by atoms with Crippen molar-refractivity contribution in [3.8, 4) is 5.75 Å². The molecule has 4 heteroatoms. The fourth-order valence-corrected chi connectivity index (χ4v) is 3.03. The van der Waals surface area contributed by atoms with E-state index in [9.17, 15) is 0 Å². The molecule has 1 fully saturated rings. The highest BCUT2D eigenvalue weighted by molar-refractivity contribution is 5.89. The lowest BCUT2D eigenvalue weighted by Crippen LogP contribution is -2.39. The Morgan fingerprint density at radius 1 is 1.45 bits per heavy atom. The monoisotopic (exact) mass is 273 g/mol. The fourth-order valence-electron chi connectivity index (χ4n) is 3.03. The molecule has 2 unspecified atom stereocenters. The lowest BCUT2D eigenvalue weighted by molar-refractivity contribution is 0.272. The Labute approximate surface area is 120 Å². The number of hydrogen-bond acceptors (Lipinski definition) is 4. The van der Waals surface area contributed by atoms with Crippen molar-refractivity contribution in [2.75, 3.05) is 26.7 Å². The van der Waals surface area contributed by atoms with Crippen LogP contribution in [0.15, 0.2) is 29.4 Å². The minimum Gasteiger partial charge on any atom is -0.494 e. The van der Waals surface area contributed by atoms with Crippen molar-refractivity contribution < 1.29 is 4.74 Å². The van der Waals surface area contributed by atoms with Crippen LogP contribution in [0.25, 0.3) is 0 Å². The molecule has 0 amide bonds. The number of benzene rings is 1. The summed E-state index contributed by atoms with van der Waals surface area (Å²) in [5.41, 5.74) is 5.93. The summed E-state index contributed by atoms with van der Waals surface area (Å²) in [6, 6.07) is 8.72. The fraction of sp³-hybridized carbons (Fsp3) is 0.562. The maximum Gasteiger partial charge on any atom is 0.119 e. The average molecular weight is 273 g/mol. The molecule has 4 nitrogen and oxygen atoms in total. The van der Waals surface area contributed by atoms with Gasteiger partial charge in [-0.25, -0.2) is 0 Å². The zero-order valence-corrected chi connectivity index (χ0v) is 12.3. The molecule has 0 aromatic heterocycles. The van der Waals surface area contributed by atoms with Crippen LogP contribution in [0.1, 0.15) is 31.4 Å². The van der Waals surface area contributed by atoms with E-state index in [-0.39, 0.29) is 6.04 Å². The average Bonchev–Trinajstić information content (AvgIpc) is 2.88. The Bertz CT molecular complexity index is 500. The normalized spacial score (nSPS) is 25.8. The molecule has 1 saturated heterocycles. The number of nitrogens with one attached hydrogen (secondary N) is 1. The highest BCUT2D eigenvalue weighted by atomic mass is 16.5. The van der Waals surface area contributed by atoms with Gasteiger partial charge in [-0.2, -0.15) is 5.10 Å². The molecule has 2 atom stereocenters. The zero-order chi connectivity index (χ0) is 13.9. The van der Waals surface area contributed by atoms with Gasteiger partial charge in [0.2, 0.25) is 0 Å². The Morgan fingerprint density at radius 3 is 3.20 bits per heavy atom.